The Hall–Kier alpha value is -1.10. The Morgan fingerprint density at radius 2 is 1.89 bits per heavy atom. The number of nitrogens with zero attached hydrogens (tertiary/aromatic N) is 1. The molecule has 102 valence electrons. The molecule has 0 bridgehead atoms. The first-order valence-electron chi connectivity index (χ1n) is 6.93. The topological polar surface area (TPSA) is 61.4 Å². The van der Waals surface area contributed by atoms with Crippen molar-refractivity contribution < 1.29 is 9.59 Å². The summed E-state index contributed by atoms with van der Waals surface area (Å²) in [6, 6.07) is 0. The van der Waals surface area contributed by atoms with E-state index >= 15 is 0 Å². The highest BCUT2D eigenvalue weighted by Crippen LogP contribution is 2.21. The standard InChI is InChI=1S/C13H23N3O2/c1-14-12(17)11-3-2-8-16(9-11)13(18)10-4-6-15-7-5-10/h10-11,15H,2-9H2,1H3,(H,14,17). The van der Waals surface area contributed by atoms with Gasteiger partial charge in [0.2, 0.25) is 11.8 Å². The maximum Gasteiger partial charge on any atom is 0.225 e. The quantitative estimate of drug-likeness (QED) is 0.726. The van der Waals surface area contributed by atoms with E-state index in [9.17, 15) is 9.59 Å². The van der Waals surface area contributed by atoms with Gasteiger partial charge in [-0.15, -0.1) is 0 Å². The zero-order valence-electron chi connectivity index (χ0n) is 11.1. The summed E-state index contributed by atoms with van der Waals surface area (Å²) in [5.41, 5.74) is 0. The van der Waals surface area contributed by atoms with Crippen molar-refractivity contribution >= 4 is 11.8 Å². The highest BCUT2D eigenvalue weighted by atomic mass is 16.2. The van der Waals surface area contributed by atoms with E-state index in [0.29, 0.717) is 6.54 Å². The van der Waals surface area contributed by atoms with Crippen LogP contribution in [0.25, 0.3) is 0 Å². The SMILES string of the molecule is CNC(=O)C1CCCN(C(=O)C2CCNCC2)C1. The van der Waals surface area contributed by atoms with Crippen LogP contribution in [0.3, 0.4) is 0 Å². The Morgan fingerprint density at radius 3 is 2.56 bits per heavy atom. The van der Waals surface area contributed by atoms with Crippen LogP contribution in [-0.4, -0.2) is 49.9 Å². The van der Waals surface area contributed by atoms with Crippen LogP contribution in [-0.2, 0) is 9.59 Å². The normalized spacial score (nSPS) is 25.8. The number of nitrogens with one attached hydrogen (secondary N) is 2. The number of carbonyl (C=O) groups excluding carboxylic acids is 2. The third-order valence-corrected chi connectivity index (χ3v) is 4.04. The Labute approximate surface area is 108 Å². The molecule has 2 amide bonds. The van der Waals surface area contributed by atoms with Crippen molar-refractivity contribution in [2.24, 2.45) is 11.8 Å². The second kappa shape index (κ2) is 6.18. The van der Waals surface area contributed by atoms with Crippen molar-refractivity contribution in [1.82, 2.24) is 15.5 Å². The lowest BCUT2D eigenvalue weighted by Gasteiger charge is -2.35. The van der Waals surface area contributed by atoms with Gasteiger partial charge in [-0.25, -0.2) is 0 Å². The first-order valence-corrected chi connectivity index (χ1v) is 6.93. The molecule has 2 aliphatic rings. The first-order chi connectivity index (χ1) is 8.72. The lowest BCUT2D eigenvalue weighted by atomic mass is 9.92. The maximum atomic E-state index is 12.4. The van der Waals surface area contributed by atoms with E-state index in [1.807, 2.05) is 4.90 Å². The van der Waals surface area contributed by atoms with E-state index in [1.165, 1.54) is 0 Å². The monoisotopic (exact) mass is 253 g/mol. The summed E-state index contributed by atoms with van der Waals surface area (Å²) in [7, 11) is 1.66. The van der Waals surface area contributed by atoms with Gasteiger partial charge in [0.05, 0.1) is 5.92 Å². The van der Waals surface area contributed by atoms with Crippen molar-refractivity contribution in [3.05, 3.63) is 0 Å². The molecule has 0 aromatic rings. The number of hydrogen-bond donors (Lipinski definition) is 2. The predicted octanol–water partition coefficient (Wildman–Crippen LogP) is -0.0294. The Balaban J connectivity index is 1.91. The minimum Gasteiger partial charge on any atom is -0.359 e. The Morgan fingerprint density at radius 1 is 1.17 bits per heavy atom. The molecule has 0 saturated carbocycles. The molecule has 0 aliphatic carbocycles. The fourth-order valence-electron chi connectivity index (χ4n) is 2.92. The van der Waals surface area contributed by atoms with Gasteiger partial charge in [-0.3, -0.25) is 9.59 Å². The van der Waals surface area contributed by atoms with Crippen LogP contribution in [0.1, 0.15) is 25.7 Å². The summed E-state index contributed by atoms with van der Waals surface area (Å²) in [5, 5.41) is 5.96. The van der Waals surface area contributed by atoms with Gasteiger partial charge in [0.25, 0.3) is 0 Å². The fourth-order valence-corrected chi connectivity index (χ4v) is 2.92. The minimum absolute atomic E-state index is 0.0191. The van der Waals surface area contributed by atoms with Crippen molar-refractivity contribution in [2.75, 3.05) is 33.2 Å². The Bertz CT molecular complexity index is 313. The molecule has 2 heterocycles. The van der Waals surface area contributed by atoms with Crippen LogP contribution in [0.5, 0.6) is 0 Å². The largest absolute Gasteiger partial charge is 0.359 e. The van der Waals surface area contributed by atoms with Crippen molar-refractivity contribution in [1.29, 1.82) is 0 Å². The van der Waals surface area contributed by atoms with Gasteiger partial charge in [-0.2, -0.15) is 0 Å². The van der Waals surface area contributed by atoms with E-state index in [0.717, 1.165) is 45.3 Å². The molecule has 2 rings (SSSR count). The van der Waals surface area contributed by atoms with Crippen LogP contribution in [0.2, 0.25) is 0 Å². The van der Waals surface area contributed by atoms with Crippen LogP contribution in [0.4, 0.5) is 0 Å². The minimum atomic E-state index is -0.0191. The first kappa shape index (κ1) is 13.3. The molecule has 5 nitrogen and oxygen atoms in total. The van der Waals surface area contributed by atoms with Gasteiger partial charge in [-0.1, -0.05) is 0 Å². The molecule has 2 N–H and O–H groups in total. The van der Waals surface area contributed by atoms with Crippen LogP contribution in [0, 0.1) is 11.8 Å². The zero-order valence-corrected chi connectivity index (χ0v) is 11.1. The van der Waals surface area contributed by atoms with E-state index in [-0.39, 0.29) is 23.7 Å². The van der Waals surface area contributed by atoms with Crippen LogP contribution < -0.4 is 10.6 Å². The maximum absolute atomic E-state index is 12.4. The third kappa shape index (κ3) is 3.02. The van der Waals surface area contributed by atoms with E-state index in [1.54, 1.807) is 7.05 Å². The average molecular weight is 253 g/mol. The van der Waals surface area contributed by atoms with Gasteiger partial charge >= 0.3 is 0 Å². The summed E-state index contributed by atoms with van der Waals surface area (Å²) in [4.78, 5) is 25.9. The highest BCUT2D eigenvalue weighted by molar-refractivity contribution is 5.82. The molecule has 0 radical (unpaired) electrons. The molecule has 2 fully saturated rings. The molecule has 1 atom stereocenters. The summed E-state index contributed by atoms with van der Waals surface area (Å²) in [6.45, 7) is 3.28. The molecule has 5 heteroatoms. The van der Waals surface area contributed by atoms with Gasteiger partial charge in [0.15, 0.2) is 0 Å². The summed E-state index contributed by atoms with van der Waals surface area (Å²) in [6.07, 6.45) is 3.70. The lowest BCUT2D eigenvalue weighted by Crippen LogP contribution is -2.48. The number of amides is 2. The van der Waals surface area contributed by atoms with Crippen molar-refractivity contribution in [2.45, 2.75) is 25.7 Å². The second-order valence-electron chi connectivity index (χ2n) is 5.26. The summed E-state index contributed by atoms with van der Waals surface area (Å²) in [5.74, 6) is 0.465. The number of piperidine rings is 2. The van der Waals surface area contributed by atoms with Crippen LogP contribution in [0.15, 0.2) is 0 Å². The van der Waals surface area contributed by atoms with Gasteiger partial charge < -0.3 is 15.5 Å². The molecule has 18 heavy (non-hydrogen) atoms. The van der Waals surface area contributed by atoms with Crippen molar-refractivity contribution in [3.8, 4) is 0 Å². The average Bonchev–Trinajstić information content (AvgIpc) is 2.46. The van der Waals surface area contributed by atoms with Gasteiger partial charge in [0.1, 0.15) is 0 Å². The predicted molar refractivity (Wildman–Crippen MR) is 69.0 cm³/mol. The molecule has 0 aromatic carbocycles. The molecule has 1 unspecified atom stereocenters. The fraction of sp³-hybridized carbons (Fsp3) is 0.846. The lowest BCUT2D eigenvalue weighted by molar-refractivity contribution is -0.139. The molecular weight excluding hydrogens is 230 g/mol. The highest BCUT2D eigenvalue weighted by Gasteiger charge is 2.31. The van der Waals surface area contributed by atoms with Crippen molar-refractivity contribution in [3.63, 3.8) is 0 Å². The molecular formula is C13H23N3O2. The molecule has 0 spiro atoms. The third-order valence-electron chi connectivity index (χ3n) is 4.04. The molecule has 2 aliphatic heterocycles. The molecule has 2 saturated heterocycles. The van der Waals surface area contributed by atoms with Gasteiger partial charge in [-0.05, 0) is 38.8 Å². The van der Waals surface area contributed by atoms with E-state index in [2.05, 4.69) is 10.6 Å². The summed E-state index contributed by atoms with van der Waals surface area (Å²) >= 11 is 0. The van der Waals surface area contributed by atoms with Crippen LogP contribution >= 0.6 is 0 Å². The zero-order chi connectivity index (χ0) is 13.0. The van der Waals surface area contributed by atoms with E-state index < -0.39 is 0 Å². The van der Waals surface area contributed by atoms with E-state index in [4.69, 9.17) is 0 Å². The second-order valence-corrected chi connectivity index (χ2v) is 5.26. The molecule has 0 aromatic heterocycles. The number of hydrogen-bond acceptors (Lipinski definition) is 3. The smallest absolute Gasteiger partial charge is 0.225 e. The number of carbonyl (C=O) groups is 2. The number of likely N-dealkylation sites (tertiary alicyclic amines) is 1. The number of rotatable bonds is 2. The summed E-state index contributed by atoms with van der Waals surface area (Å²) < 4.78 is 0. The Kier molecular flexibility index (Phi) is 4.58. The van der Waals surface area contributed by atoms with Gasteiger partial charge in [0, 0.05) is 26.1 Å².